The van der Waals surface area contributed by atoms with Crippen LogP contribution < -0.4 is 5.32 Å². The molecule has 0 heterocycles. The number of carbonyl (C=O) groups is 1. The second-order valence-electron chi connectivity index (χ2n) is 4.49. The zero-order valence-corrected chi connectivity index (χ0v) is 12.1. The van der Waals surface area contributed by atoms with Gasteiger partial charge in [-0.2, -0.15) is 0 Å². The van der Waals surface area contributed by atoms with Crippen LogP contribution in [0.2, 0.25) is 0 Å². The lowest BCUT2D eigenvalue weighted by atomic mass is 10.0. The van der Waals surface area contributed by atoms with Gasteiger partial charge >= 0.3 is 0 Å². The number of aliphatic hydroxyl groups is 2. The fourth-order valence-corrected chi connectivity index (χ4v) is 1.90. The van der Waals surface area contributed by atoms with E-state index < -0.39 is 5.54 Å². The predicted molar refractivity (Wildman–Crippen MR) is 73.6 cm³/mol. The van der Waals surface area contributed by atoms with Gasteiger partial charge in [-0.25, -0.2) is 0 Å². The molecule has 5 heteroatoms. The Morgan fingerprint density at radius 3 is 2.50 bits per heavy atom. The summed E-state index contributed by atoms with van der Waals surface area (Å²) < 4.78 is 0.819. The van der Waals surface area contributed by atoms with E-state index in [2.05, 4.69) is 21.2 Å². The van der Waals surface area contributed by atoms with Crippen LogP contribution in [-0.2, 0) is 6.42 Å². The predicted octanol–water partition coefficient (Wildman–Crippen LogP) is 1.48. The minimum atomic E-state index is -1.01. The van der Waals surface area contributed by atoms with E-state index in [1.807, 2.05) is 19.1 Å². The van der Waals surface area contributed by atoms with E-state index in [1.54, 1.807) is 13.0 Å². The smallest absolute Gasteiger partial charge is 0.252 e. The molecule has 0 aromatic heterocycles. The van der Waals surface area contributed by atoms with Gasteiger partial charge in [0.15, 0.2) is 0 Å². The van der Waals surface area contributed by atoms with Crippen LogP contribution in [0.25, 0.3) is 0 Å². The minimum absolute atomic E-state index is 0.293. The molecule has 0 spiro atoms. The number of hydrogen-bond acceptors (Lipinski definition) is 3. The third-order valence-corrected chi connectivity index (χ3v) is 3.30. The zero-order valence-electron chi connectivity index (χ0n) is 10.5. The maximum absolute atomic E-state index is 12.2. The normalized spacial score (nSPS) is 11.4. The highest BCUT2D eigenvalue weighted by atomic mass is 79.9. The van der Waals surface area contributed by atoms with Crippen molar-refractivity contribution in [2.75, 3.05) is 13.2 Å². The first-order valence-corrected chi connectivity index (χ1v) is 6.57. The molecule has 0 saturated heterocycles. The summed E-state index contributed by atoms with van der Waals surface area (Å²) in [6, 6.07) is 5.50. The van der Waals surface area contributed by atoms with Crippen molar-refractivity contribution in [2.45, 2.75) is 25.8 Å². The molecule has 0 unspecified atom stereocenters. The standard InChI is InChI=1S/C13H18BrNO3/c1-3-9-4-5-10(14)6-11(9)12(18)15-13(2,7-16)8-17/h4-6,16-17H,3,7-8H2,1-2H3,(H,15,18). The van der Waals surface area contributed by atoms with Crippen LogP contribution in [-0.4, -0.2) is 34.9 Å². The van der Waals surface area contributed by atoms with Gasteiger partial charge in [-0.15, -0.1) is 0 Å². The van der Waals surface area contributed by atoms with Gasteiger partial charge in [-0.05, 0) is 31.0 Å². The molecule has 1 rings (SSSR count). The lowest BCUT2D eigenvalue weighted by Gasteiger charge is -2.26. The molecule has 0 atom stereocenters. The summed E-state index contributed by atoms with van der Waals surface area (Å²) in [7, 11) is 0. The molecular weight excluding hydrogens is 298 g/mol. The van der Waals surface area contributed by atoms with Gasteiger partial charge in [-0.1, -0.05) is 28.9 Å². The van der Waals surface area contributed by atoms with Crippen LogP contribution in [0.15, 0.2) is 22.7 Å². The number of amides is 1. The summed E-state index contributed by atoms with van der Waals surface area (Å²) in [5, 5.41) is 21.0. The topological polar surface area (TPSA) is 69.6 Å². The Kier molecular flexibility index (Phi) is 5.31. The molecule has 3 N–H and O–H groups in total. The Balaban J connectivity index is 3.00. The lowest BCUT2D eigenvalue weighted by molar-refractivity contribution is 0.0723. The first-order chi connectivity index (χ1) is 8.45. The van der Waals surface area contributed by atoms with Gasteiger partial charge in [0.2, 0.25) is 0 Å². The average molecular weight is 316 g/mol. The van der Waals surface area contributed by atoms with E-state index >= 15 is 0 Å². The molecule has 0 saturated carbocycles. The molecule has 100 valence electrons. The van der Waals surface area contributed by atoms with Crippen LogP contribution in [0.4, 0.5) is 0 Å². The third kappa shape index (κ3) is 3.54. The van der Waals surface area contributed by atoms with Gasteiger partial charge in [-0.3, -0.25) is 4.79 Å². The quantitative estimate of drug-likeness (QED) is 0.771. The molecule has 0 aliphatic carbocycles. The van der Waals surface area contributed by atoms with E-state index in [9.17, 15) is 15.0 Å². The number of hydrogen-bond donors (Lipinski definition) is 3. The Hall–Kier alpha value is -0.910. The number of halogens is 1. The van der Waals surface area contributed by atoms with Gasteiger partial charge in [0.05, 0.1) is 18.8 Å². The van der Waals surface area contributed by atoms with Crippen molar-refractivity contribution in [3.63, 3.8) is 0 Å². The Bertz CT molecular complexity index is 430. The van der Waals surface area contributed by atoms with Gasteiger partial charge in [0.25, 0.3) is 5.91 Å². The summed E-state index contributed by atoms with van der Waals surface area (Å²) in [4.78, 5) is 12.2. The fraction of sp³-hybridized carbons (Fsp3) is 0.462. The summed E-state index contributed by atoms with van der Waals surface area (Å²) in [5.41, 5.74) is 0.471. The highest BCUT2D eigenvalue weighted by Crippen LogP contribution is 2.18. The second kappa shape index (κ2) is 6.31. The molecule has 1 aromatic rings. The van der Waals surface area contributed by atoms with Gasteiger partial charge in [0.1, 0.15) is 0 Å². The van der Waals surface area contributed by atoms with Crippen molar-refractivity contribution in [3.8, 4) is 0 Å². The monoisotopic (exact) mass is 315 g/mol. The van der Waals surface area contributed by atoms with Crippen LogP contribution in [0, 0.1) is 0 Å². The molecule has 1 amide bonds. The summed E-state index contributed by atoms with van der Waals surface area (Å²) in [6.45, 7) is 2.93. The van der Waals surface area contributed by atoms with Crippen molar-refractivity contribution in [1.29, 1.82) is 0 Å². The molecule has 0 aliphatic rings. The molecule has 0 bridgehead atoms. The lowest BCUT2D eigenvalue weighted by Crippen LogP contribution is -2.51. The van der Waals surface area contributed by atoms with Crippen LogP contribution in [0.5, 0.6) is 0 Å². The zero-order chi connectivity index (χ0) is 13.8. The number of rotatable bonds is 5. The van der Waals surface area contributed by atoms with Gasteiger partial charge in [0, 0.05) is 10.0 Å². The molecule has 4 nitrogen and oxygen atoms in total. The summed E-state index contributed by atoms with van der Waals surface area (Å²) >= 11 is 3.33. The van der Waals surface area contributed by atoms with E-state index in [4.69, 9.17) is 0 Å². The first kappa shape index (κ1) is 15.1. The fourth-order valence-electron chi connectivity index (χ4n) is 1.54. The van der Waals surface area contributed by atoms with Crippen molar-refractivity contribution in [2.24, 2.45) is 0 Å². The third-order valence-electron chi connectivity index (χ3n) is 2.81. The molecule has 18 heavy (non-hydrogen) atoms. The minimum Gasteiger partial charge on any atom is -0.394 e. The van der Waals surface area contributed by atoms with Crippen LogP contribution >= 0.6 is 15.9 Å². The molecule has 0 fully saturated rings. The van der Waals surface area contributed by atoms with E-state index in [0.29, 0.717) is 5.56 Å². The SMILES string of the molecule is CCc1ccc(Br)cc1C(=O)NC(C)(CO)CO. The summed E-state index contributed by atoms with van der Waals surface area (Å²) in [5.74, 6) is -0.293. The number of carbonyl (C=O) groups excluding carboxylic acids is 1. The second-order valence-corrected chi connectivity index (χ2v) is 5.40. The van der Waals surface area contributed by atoms with Crippen LogP contribution in [0.3, 0.4) is 0 Å². The Morgan fingerprint density at radius 2 is 2.00 bits per heavy atom. The van der Waals surface area contributed by atoms with Crippen molar-refractivity contribution in [1.82, 2.24) is 5.32 Å². The maximum atomic E-state index is 12.2. The molecular formula is C13H18BrNO3. The van der Waals surface area contributed by atoms with Crippen molar-refractivity contribution in [3.05, 3.63) is 33.8 Å². The highest BCUT2D eigenvalue weighted by Gasteiger charge is 2.25. The van der Waals surface area contributed by atoms with Crippen LogP contribution in [0.1, 0.15) is 29.8 Å². The molecule has 0 radical (unpaired) electrons. The largest absolute Gasteiger partial charge is 0.394 e. The molecule has 1 aromatic carbocycles. The summed E-state index contributed by atoms with van der Waals surface area (Å²) in [6.07, 6.45) is 0.741. The maximum Gasteiger partial charge on any atom is 0.252 e. The highest BCUT2D eigenvalue weighted by molar-refractivity contribution is 9.10. The Morgan fingerprint density at radius 1 is 1.39 bits per heavy atom. The Labute approximate surface area is 115 Å². The first-order valence-electron chi connectivity index (χ1n) is 5.78. The van der Waals surface area contributed by atoms with E-state index in [1.165, 1.54) is 0 Å². The van der Waals surface area contributed by atoms with E-state index in [0.717, 1.165) is 16.5 Å². The number of aryl methyl sites for hydroxylation is 1. The number of nitrogens with one attached hydrogen (secondary N) is 1. The average Bonchev–Trinajstić information content (AvgIpc) is 2.38. The van der Waals surface area contributed by atoms with Crippen molar-refractivity contribution < 1.29 is 15.0 Å². The van der Waals surface area contributed by atoms with Gasteiger partial charge < -0.3 is 15.5 Å². The number of aliphatic hydroxyl groups excluding tert-OH is 2. The van der Waals surface area contributed by atoms with E-state index in [-0.39, 0.29) is 19.1 Å². The van der Waals surface area contributed by atoms with Crippen molar-refractivity contribution >= 4 is 21.8 Å². The molecule has 0 aliphatic heterocycles. The number of benzene rings is 1.